The van der Waals surface area contributed by atoms with Crippen molar-refractivity contribution in [1.82, 2.24) is 15.3 Å². The summed E-state index contributed by atoms with van der Waals surface area (Å²) in [7, 11) is 0. The number of anilines is 1. The van der Waals surface area contributed by atoms with Crippen molar-refractivity contribution >= 4 is 27.4 Å². The van der Waals surface area contributed by atoms with Crippen LogP contribution in [0, 0.1) is 0 Å². The number of rotatable bonds is 4. The number of hydrogen-bond donors (Lipinski definition) is 3. The molecule has 1 aliphatic heterocycles. The van der Waals surface area contributed by atoms with E-state index in [0.29, 0.717) is 0 Å². The van der Waals surface area contributed by atoms with Gasteiger partial charge in [0.25, 0.3) is 0 Å². The lowest BCUT2D eigenvalue weighted by molar-refractivity contribution is 0.276. The van der Waals surface area contributed by atoms with Gasteiger partial charge in [-0.05, 0) is 24.1 Å². The van der Waals surface area contributed by atoms with Crippen LogP contribution >= 0.6 is 11.3 Å². The van der Waals surface area contributed by atoms with E-state index in [1.165, 1.54) is 10.4 Å². The van der Waals surface area contributed by atoms with Crippen LogP contribution in [-0.2, 0) is 13.0 Å². The molecule has 2 aromatic heterocycles. The van der Waals surface area contributed by atoms with Crippen LogP contribution in [0.5, 0.6) is 0 Å². The molecule has 1 aromatic carbocycles. The first-order chi connectivity index (χ1) is 11.4. The van der Waals surface area contributed by atoms with Gasteiger partial charge in [-0.25, -0.2) is 9.97 Å². The van der Waals surface area contributed by atoms with Crippen molar-refractivity contribution in [3.63, 3.8) is 0 Å². The van der Waals surface area contributed by atoms with E-state index in [0.717, 1.165) is 41.1 Å². The molecule has 3 heterocycles. The second-order valence-electron chi connectivity index (χ2n) is 5.62. The van der Waals surface area contributed by atoms with Gasteiger partial charge in [0.1, 0.15) is 17.0 Å². The summed E-state index contributed by atoms with van der Waals surface area (Å²) in [5.41, 5.74) is 2.39. The summed E-state index contributed by atoms with van der Waals surface area (Å²) < 4.78 is 0. The SMILES string of the molecule is OC[C@H](Nc1ncnc2sc3c(c12)CCNC3)c1ccccc1. The highest BCUT2D eigenvalue weighted by atomic mass is 32.1. The molecular weight excluding hydrogens is 308 g/mol. The molecule has 0 saturated heterocycles. The Morgan fingerprint density at radius 1 is 1.26 bits per heavy atom. The number of aliphatic hydroxyl groups excluding tert-OH is 1. The van der Waals surface area contributed by atoms with E-state index in [1.807, 2.05) is 30.3 Å². The van der Waals surface area contributed by atoms with Gasteiger partial charge in [-0.1, -0.05) is 30.3 Å². The quantitative estimate of drug-likeness (QED) is 0.687. The second-order valence-corrected chi connectivity index (χ2v) is 6.71. The van der Waals surface area contributed by atoms with Gasteiger partial charge in [-0.15, -0.1) is 11.3 Å². The highest BCUT2D eigenvalue weighted by Gasteiger charge is 2.21. The van der Waals surface area contributed by atoms with E-state index in [9.17, 15) is 5.11 Å². The van der Waals surface area contributed by atoms with Crippen LogP contribution in [0.4, 0.5) is 5.82 Å². The highest BCUT2D eigenvalue weighted by Crippen LogP contribution is 2.36. The molecule has 0 aliphatic carbocycles. The molecule has 1 atom stereocenters. The Hall–Kier alpha value is -2.02. The zero-order valence-electron chi connectivity index (χ0n) is 12.6. The predicted octanol–water partition coefficient (Wildman–Crippen LogP) is 2.48. The van der Waals surface area contributed by atoms with Gasteiger partial charge in [-0.2, -0.15) is 0 Å². The number of hydrogen-bond acceptors (Lipinski definition) is 6. The van der Waals surface area contributed by atoms with Crippen molar-refractivity contribution in [3.8, 4) is 0 Å². The van der Waals surface area contributed by atoms with Gasteiger partial charge in [0, 0.05) is 11.4 Å². The second kappa shape index (κ2) is 6.23. The summed E-state index contributed by atoms with van der Waals surface area (Å²) in [5, 5.41) is 17.7. The van der Waals surface area contributed by atoms with Crippen LogP contribution in [0.15, 0.2) is 36.7 Å². The summed E-state index contributed by atoms with van der Waals surface area (Å²) in [6.45, 7) is 1.90. The monoisotopic (exact) mass is 326 g/mol. The predicted molar refractivity (Wildman–Crippen MR) is 92.7 cm³/mol. The van der Waals surface area contributed by atoms with Crippen LogP contribution < -0.4 is 10.6 Å². The van der Waals surface area contributed by atoms with Crippen LogP contribution in [-0.4, -0.2) is 28.2 Å². The molecule has 1 aliphatic rings. The number of nitrogens with one attached hydrogen (secondary N) is 2. The minimum atomic E-state index is -0.174. The normalized spacial score (nSPS) is 15.3. The van der Waals surface area contributed by atoms with E-state index in [-0.39, 0.29) is 12.6 Å². The summed E-state index contributed by atoms with van der Waals surface area (Å²) in [6.07, 6.45) is 2.59. The Bertz CT molecular complexity index is 818. The molecule has 0 amide bonds. The Morgan fingerprint density at radius 2 is 2.13 bits per heavy atom. The molecule has 0 bridgehead atoms. The molecule has 3 N–H and O–H groups in total. The first kappa shape index (κ1) is 14.6. The molecular formula is C17H18N4OS. The van der Waals surface area contributed by atoms with Crippen LogP contribution in [0.1, 0.15) is 22.0 Å². The van der Waals surface area contributed by atoms with E-state index < -0.39 is 0 Å². The molecule has 0 spiro atoms. The lowest BCUT2D eigenvalue weighted by atomic mass is 10.0. The molecule has 5 nitrogen and oxygen atoms in total. The van der Waals surface area contributed by atoms with Crippen molar-refractivity contribution in [3.05, 3.63) is 52.7 Å². The Kier molecular flexibility index (Phi) is 3.95. The van der Waals surface area contributed by atoms with Gasteiger partial charge in [0.2, 0.25) is 0 Å². The molecule has 118 valence electrons. The van der Waals surface area contributed by atoms with Crippen molar-refractivity contribution in [2.75, 3.05) is 18.5 Å². The summed E-state index contributed by atoms with van der Waals surface area (Å²) >= 11 is 1.73. The third-order valence-electron chi connectivity index (χ3n) is 4.20. The molecule has 23 heavy (non-hydrogen) atoms. The lowest BCUT2D eigenvalue weighted by Crippen LogP contribution is -2.22. The third kappa shape index (κ3) is 2.69. The fourth-order valence-corrected chi connectivity index (χ4v) is 4.21. The van der Waals surface area contributed by atoms with Crippen molar-refractivity contribution in [1.29, 1.82) is 0 Å². The maximum absolute atomic E-state index is 9.79. The summed E-state index contributed by atoms with van der Waals surface area (Å²) in [5.74, 6) is 0.817. The van der Waals surface area contributed by atoms with Crippen molar-refractivity contribution < 1.29 is 5.11 Å². The maximum atomic E-state index is 9.79. The average Bonchev–Trinajstić information content (AvgIpc) is 2.99. The first-order valence-corrected chi connectivity index (χ1v) is 8.57. The van der Waals surface area contributed by atoms with Gasteiger partial charge < -0.3 is 15.7 Å². The van der Waals surface area contributed by atoms with Gasteiger partial charge in [0.15, 0.2) is 0 Å². The smallest absolute Gasteiger partial charge is 0.139 e. The average molecular weight is 326 g/mol. The maximum Gasteiger partial charge on any atom is 0.139 e. The van der Waals surface area contributed by atoms with Gasteiger partial charge in [-0.3, -0.25) is 0 Å². The van der Waals surface area contributed by atoms with Crippen LogP contribution in [0.3, 0.4) is 0 Å². The number of benzene rings is 1. The number of nitrogens with zero attached hydrogens (tertiary/aromatic N) is 2. The van der Waals surface area contributed by atoms with Crippen LogP contribution in [0.25, 0.3) is 10.2 Å². The molecule has 0 unspecified atom stereocenters. The molecule has 0 fully saturated rings. The third-order valence-corrected chi connectivity index (χ3v) is 5.34. The lowest BCUT2D eigenvalue weighted by Gasteiger charge is -2.19. The van der Waals surface area contributed by atoms with Gasteiger partial charge >= 0.3 is 0 Å². The van der Waals surface area contributed by atoms with Crippen molar-refractivity contribution in [2.24, 2.45) is 0 Å². The molecule has 0 radical (unpaired) electrons. The minimum Gasteiger partial charge on any atom is -0.394 e. The summed E-state index contributed by atoms with van der Waals surface area (Å²) in [6, 6.07) is 9.79. The minimum absolute atomic E-state index is 0.0173. The fourth-order valence-electron chi connectivity index (χ4n) is 3.05. The number of fused-ring (bicyclic) bond motifs is 3. The Morgan fingerprint density at radius 3 is 2.96 bits per heavy atom. The van der Waals surface area contributed by atoms with Gasteiger partial charge in [0.05, 0.1) is 18.0 Å². The zero-order chi connectivity index (χ0) is 15.6. The van der Waals surface area contributed by atoms with E-state index in [1.54, 1.807) is 17.7 Å². The number of aromatic nitrogens is 2. The zero-order valence-corrected chi connectivity index (χ0v) is 13.4. The van der Waals surface area contributed by atoms with Crippen molar-refractivity contribution in [2.45, 2.75) is 19.0 Å². The molecule has 3 aromatic rings. The largest absolute Gasteiger partial charge is 0.394 e. The number of thiophene rings is 1. The van der Waals surface area contributed by atoms with E-state index >= 15 is 0 Å². The molecule has 0 saturated carbocycles. The fraction of sp³-hybridized carbons (Fsp3) is 0.294. The topological polar surface area (TPSA) is 70.1 Å². The summed E-state index contributed by atoms with van der Waals surface area (Å²) in [4.78, 5) is 11.2. The number of aliphatic hydroxyl groups is 1. The Labute approximate surface area is 138 Å². The standard InChI is InChI=1S/C17H18N4OS/c22-9-13(11-4-2-1-3-5-11)21-16-15-12-6-7-18-8-14(12)23-17(15)20-10-19-16/h1-5,10,13,18,22H,6-9H2,(H,19,20,21)/t13-/m0/s1. The highest BCUT2D eigenvalue weighted by molar-refractivity contribution is 7.18. The van der Waals surface area contributed by atoms with E-state index in [2.05, 4.69) is 20.6 Å². The van der Waals surface area contributed by atoms with Crippen LogP contribution in [0.2, 0.25) is 0 Å². The van der Waals surface area contributed by atoms with E-state index in [4.69, 9.17) is 0 Å². The Balaban J connectivity index is 1.75. The first-order valence-electron chi connectivity index (χ1n) is 7.75. The molecule has 6 heteroatoms. The molecule has 4 rings (SSSR count).